The van der Waals surface area contributed by atoms with Crippen molar-refractivity contribution in [2.24, 2.45) is 0 Å². The Kier molecular flexibility index (Phi) is 6.13. The lowest BCUT2D eigenvalue weighted by Crippen LogP contribution is -2.21. The summed E-state index contributed by atoms with van der Waals surface area (Å²) in [5.74, 6) is -0.975. The molecule has 0 atom stereocenters. The Morgan fingerprint density at radius 3 is 2.71 bits per heavy atom. The van der Waals surface area contributed by atoms with Gasteiger partial charge >= 0.3 is 5.97 Å². The SMILES string of the molecule is Cc1nc(-c2cccc(NC(=O)COC(=O)c3ccc(Cn4cncn4)cc3)c2)cs1. The lowest BCUT2D eigenvalue weighted by Gasteiger charge is -2.08. The Balaban J connectivity index is 1.30. The van der Waals surface area contributed by atoms with Crippen molar-refractivity contribution in [2.75, 3.05) is 11.9 Å². The maximum absolute atomic E-state index is 12.2. The Morgan fingerprint density at radius 2 is 2.00 bits per heavy atom. The second-order valence-electron chi connectivity index (χ2n) is 6.75. The van der Waals surface area contributed by atoms with Gasteiger partial charge in [-0.15, -0.1) is 11.3 Å². The number of thiazole rings is 1. The molecule has 9 heteroatoms. The van der Waals surface area contributed by atoms with Crippen LogP contribution in [0.2, 0.25) is 0 Å². The van der Waals surface area contributed by atoms with Crippen LogP contribution in [0.5, 0.6) is 0 Å². The van der Waals surface area contributed by atoms with Gasteiger partial charge in [-0.05, 0) is 36.8 Å². The third-order valence-corrected chi connectivity index (χ3v) is 5.17. The molecule has 8 nitrogen and oxygen atoms in total. The first-order valence-electron chi connectivity index (χ1n) is 9.48. The van der Waals surface area contributed by atoms with Gasteiger partial charge in [-0.3, -0.25) is 4.79 Å². The summed E-state index contributed by atoms with van der Waals surface area (Å²) in [6.07, 6.45) is 3.08. The van der Waals surface area contributed by atoms with Gasteiger partial charge in [0.15, 0.2) is 6.61 Å². The summed E-state index contributed by atoms with van der Waals surface area (Å²) >= 11 is 1.57. The van der Waals surface area contributed by atoms with E-state index in [0.29, 0.717) is 17.8 Å². The van der Waals surface area contributed by atoms with E-state index in [1.807, 2.05) is 42.6 Å². The normalized spacial score (nSPS) is 10.6. The summed E-state index contributed by atoms with van der Waals surface area (Å²) in [4.78, 5) is 32.8. The second-order valence-corrected chi connectivity index (χ2v) is 7.81. The highest BCUT2D eigenvalue weighted by atomic mass is 32.1. The fraction of sp³-hybridized carbons (Fsp3) is 0.136. The van der Waals surface area contributed by atoms with Gasteiger partial charge in [0.05, 0.1) is 22.8 Å². The zero-order valence-corrected chi connectivity index (χ0v) is 17.5. The van der Waals surface area contributed by atoms with Crippen molar-refractivity contribution in [3.05, 3.63) is 82.7 Å². The number of nitrogens with zero attached hydrogens (tertiary/aromatic N) is 4. The molecule has 4 rings (SSSR count). The second kappa shape index (κ2) is 9.31. The molecule has 0 spiro atoms. The van der Waals surface area contributed by atoms with Crippen LogP contribution in [-0.2, 0) is 16.1 Å². The maximum atomic E-state index is 12.2. The molecule has 2 heterocycles. The minimum atomic E-state index is -0.561. The number of carbonyl (C=O) groups excluding carboxylic acids is 2. The fourth-order valence-corrected chi connectivity index (χ4v) is 3.53. The summed E-state index contributed by atoms with van der Waals surface area (Å²) in [6.45, 7) is 2.12. The number of aromatic nitrogens is 4. The van der Waals surface area contributed by atoms with Crippen LogP contribution in [-0.4, -0.2) is 38.2 Å². The van der Waals surface area contributed by atoms with Crippen molar-refractivity contribution in [3.8, 4) is 11.3 Å². The molecule has 0 aliphatic carbocycles. The number of rotatable bonds is 7. The van der Waals surface area contributed by atoms with Gasteiger partial charge in [-0.1, -0.05) is 24.3 Å². The highest BCUT2D eigenvalue weighted by molar-refractivity contribution is 7.09. The fourth-order valence-electron chi connectivity index (χ4n) is 2.91. The summed E-state index contributed by atoms with van der Waals surface area (Å²) in [6, 6.07) is 14.3. The van der Waals surface area contributed by atoms with Crippen LogP contribution < -0.4 is 5.32 Å². The lowest BCUT2D eigenvalue weighted by molar-refractivity contribution is -0.119. The molecule has 2 aromatic heterocycles. The number of hydrogen-bond acceptors (Lipinski definition) is 7. The molecule has 1 N–H and O–H groups in total. The monoisotopic (exact) mass is 433 g/mol. The first-order valence-corrected chi connectivity index (χ1v) is 10.4. The molecule has 156 valence electrons. The van der Waals surface area contributed by atoms with E-state index in [-0.39, 0.29) is 6.61 Å². The van der Waals surface area contributed by atoms with Crippen LogP contribution in [0.25, 0.3) is 11.3 Å². The molecular weight excluding hydrogens is 414 g/mol. The van der Waals surface area contributed by atoms with E-state index in [9.17, 15) is 9.59 Å². The van der Waals surface area contributed by atoms with Gasteiger partial charge in [-0.25, -0.2) is 19.4 Å². The highest BCUT2D eigenvalue weighted by Crippen LogP contribution is 2.24. The molecule has 2 aromatic carbocycles. The van der Waals surface area contributed by atoms with E-state index in [1.165, 1.54) is 6.33 Å². The first-order chi connectivity index (χ1) is 15.1. The summed E-state index contributed by atoms with van der Waals surface area (Å²) in [5, 5.41) is 9.73. The highest BCUT2D eigenvalue weighted by Gasteiger charge is 2.11. The lowest BCUT2D eigenvalue weighted by atomic mass is 10.1. The number of benzene rings is 2. The summed E-state index contributed by atoms with van der Waals surface area (Å²) in [7, 11) is 0. The number of carbonyl (C=O) groups is 2. The molecule has 0 aliphatic heterocycles. The van der Waals surface area contributed by atoms with Gasteiger partial charge in [-0.2, -0.15) is 5.10 Å². The topological polar surface area (TPSA) is 99.0 Å². The van der Waals surface area contributed by atoms with Crippen LogP contribution in [0.4, 0.5) is 5.69 Å². The molecule has 0 unspecified atom stereocenters. The Labute approximate surface area is 182 Å². The average molecular weight is 433 g/mol. The van der Waals surface area contributed by atoms with E-state index in [0.717, 1.165) is 21.8 Å². The Bertz CT molecular complexity index is 1190. The van der Waals surface area contributed by atoms with Gasteiger partial charge in [0, 0.05) is 16.6 Å². The molecule has 1 amide bonds. The van der Waals surface area contributed by atoms with E-state index >= 15 is 0 Å². The number of anilines is 1. The smallest absolute Gasteiger partial charge is 0.338 e. The quantitative estimate of drug-likeness (QED) is 0.448. The number of hydrogen-bond donors (Lipinski definition) is 1. The van der Waals surface area contributed by atoms with Crippen molar-refractivity contribution < 1.29 is 14.3 Å². The Hall–Kier alpha value is -3.85. The predicted octanol–water partition coefficient (Wildman–Crippen LogP) is 3.55. The summed E-state index contributed by atoms with van der Waals surface area (Å²) < 4.78 is 6.82. The zero-order valence-electron chi connectivity index (χ0n) is 16.7. The van der Waals surface area contributed by atoms with Gasteiger partial charge in [0.1, 0.15) is 12.7 Å². The Morgan fingerprint density at radius 1 is 1.16 bits per heavy atom. The van der Waals surface area contributed by atoms with Crippen molar-refractivity contribution in [2.45, 2.75) is 13.5 Å². The zero-order chi connectivity index (χ0) is 21.6. The van der Waals surface area contributed by atoms with Crippen LogP contribution in [0.15, 0.2) is 66.6 Å². The third-order valence-electron chi connectivity index (χ3n) is 4.40. The van der Waals surface area contributed by atoms with Crippen molar-refractivity contribution >= 4 is 28.9 Å². The van der Waals surface area contributed by atoms with Crippen molar-refractivity contribution in [1.82, 2.24) is 19.7 Å². The average Bonchev–Trinajstić information content (AvgIpc) is 3.44. The van der Waals surface area contributed by atoms with Crippen molar-refractivity contribution in [3.63, 3.8) is 0 Å². The molecular formula is C22H19N5O3S. The molecule has 0 radical (unpaired) electrons. The van der Waals surface area contributed by atoms with E-state index in [4.69, 9.17) is 4.74 Å². The third kappa shape index (κ3) is 5.40. The first kappa shape index (κ1) is 20.4. The largest absolute Gasteiger partial charge is 0.452 e. The summed E-state index contributed by atoms with van der Waals surface area (Å²) in [5.41, 5.74) is 3.72. The maximum Gasteiger partial charge on any atom is 0.338 e. The number of esters is 1. The standard InChI is InChI=1S/C22H19N5O3S/c1-15-25-20(12-31-15)18-3-2-4-19(9-18)26-21(28)11-30-22(29)17-7-5-16(6-8-17)10-27-14-23-13-24-27/h2-9,12-14H,10-11H2,1H3,(H,26,28). The number of ether oxygens (including phenoxy) is 1. The molecule has 31 heavy (non-hydrogen) atoms. The molecule has 0 saturated heterocycles. The molecule has 0 fully saturated rings. The van der Waals surface area contributed by atoms with E-state index < -0.39 is 11.9 Å². The minimum absolute atomic E-state index is 0.371. The van der Waals surface area contributed by atoms with Crippen LogP contribution >= 0.6 is 11.3 Å². The van der Waals surface area contributed by atoms with Crippen molar-refractivity contribution in [1.29, 1.82) is 0 Å². The molecule has 0 aliphatic rings. The predicted molar refractivity (Wildman–Crippen MR) is 117 cm³/mol. The van der Waals surface area contributed by atoms with Gasteiger partial charge in [0.25, 0.3) is 5.91 Å². The van der Waals surface area contributed by atoms with Crippen LogP contribution in [0.1, 0.15) is 20.9 Å². The van der Waals surface area contributed by atoms with E-state index in [1.54, 1.807) is 40.5 Å². The van der Waals surface area contributed by atoms with E-state index in [2.05, 4.69) is 20.4 Å². The number of nitrogens with one attached hydrogen (secondary N) is 1. The van der Waals surface area contributed by atoms with Gasteiger partial charge in [0.2, 0.25) is 0 Å². The molecule has 0 bridgehead atoms. The van der Waals surface area contributed by atoms with Crippen LogP contribution in [0.3, 0.4) is 0 Å². The van der Waals surface area contributed by atoms with Gasteiger partial charge < -0.3 is 10.1 Å². The van der Waals surface area contributed by atoms with Crippen LogP contribution in [0, 0.1) is 6.92 Å². The number of amides is 1. The number of aryl methyl sites for hydroxylation is 1. The molecule has 4 aromatic rings. The minimum Gasteiger partial charge on any atom is -0.452 e. The molecule has 0 saturated carbocycles.